The Balaban J connectivity index is 4.45. The zero-order chi connectivity index (χ0) is 11.6. The van der Waals surface area contributed by atoms with Crippen LogP contribution in [0.25, 0.3) is 0 Å². The van der Waals surface area contributed by atoms with Crippen LogP contribution in [0, 0.1) is 5.92 Å². The Morgan fingerprint density at radius 2 is 1.64 bits per heavy atom. The van der Waals surface area contributed by atoms with Crippen molar-refractivity contribution in [2.45, 2.75) is 51.3 Å². The SMILES string of the molecule is CC(C)CCC(N)C(C)(C)S(C)(=O)=O. The molecule has 0 aliphatic heterocycles. The van der Waals surface area contributed by atoms with Gasteiger partial charge in [-0.3, -0.25) is 0 Å². The predicted octanol–water partition coefficient (Wildman–Crippen LogP) is 1.57. The maximum Gasteiger partial charge on any atom is 0.154 e. The largest absolute Gasteiger partial charge is 0.326 e. The third-order valence-electron chi connectivity index (χ3n) is 2.90. The molecular formula is C10H23NO2S. The summed E-state index contributed by atoms with van der Waals surface area (Å²) >= 11 is 0. The molecule has 3 nitrogen and oxygen atoms in total. The van der Waals surface area contributed by atoms with Crippen molar-refractivity contribution in [3.63, 3.8) is 0 Å². The zero-order valence-electron chi connectivity index (χ0n) is 9.87. The molecule has 0 aromatic carbocycles. The van der Waals surface area contributed by atoms with Gasteiger partial charge in [0, 0.05) is 12.3 Å². The summed E-state index contributed by atoms with van der Waals surface area (Å²) in [7, 11) is -3.07. The predicted molar refractivity (Wildman–Crippen MR) is 61.0 cm³/mol. The Bertz CT molecular complexity index is 268. The van der Waals surface area contributed by atoms with E-state index in [4.69, 9.17) is 5.73 Å². The van der Waals surface area contributed by atoms with Crippen LogP contribution < -0.4 is 5.73 Å². The van der Waals surface area contributed by atoms with Gasteiger partial charge in [-0.25, -0.2) is 8.42 Å². The van der Waals surface area contributed by atoms with Crippen molar-refractivity contribution in [3.05, 3.63) is 0 Å². The summed E-state index contributed by atoms with van der Waals surface area (Å²) in [5.74, 6) is 0.566. The number of rotatable bonds is 5. The zero-order valence-corrected chi connectivity index (χ0v) is 10.7. The van der Waals surface area contributed by atoms with E-state index in [1.807, 2.05) is 0 Å². The van der Waals surface area contributed by atoms with Gasteiger partial charge in [-0.1, -0.05) is 13.8 Å². The van der Waals surface area contributed by atoms with Crippen LogP contribution in [-0.2, 0) is 9.84 Å². The van der Waals surface area contributed by atoms with Gasteiger partial charge in [0.15, 0.2) is 9.84 Å². The molecular weight excluding hydrogens is 198 g/mol. The van der Waals surface area contributed by atoms with E-state index in [2.05, 4.69) is 13.8 Å². The first kappa shape index (κ1) is 13.9. The minimum atomic E-state index is -3.07. The van der Waals surface area contributed by atoms with Crippen LogP contribution in [0.5, 0.6) is 0 Å². The van der Waals surface area contributed by atoms with Gasteiger partial charge in [0.1, 0.15) is 0 Å². The fourth-order valence-corrected chi connectivity index (χ4v) is 1.80. The lowest BCUT2D eigenvalue weighted by Gasteiger charge is -2.30. The van der Waals surface area contributed by atoms with E-state index in [0.29, 0.717) is 5.92 Å². The molecule has 0 aliphatic carbocycles. The van der Waals surface area contributed by atoms with E-state index in [9.17, 15) is 8.42 Å². The first-order valence-electron chi connectivity index (χ1n) is 5.04. The highest BCUT2D eigenvalue weighted by Gasteiger charge is 2.36. The summed E-state index contributed by atoms with van der Waals surface area (Å²) in [4.78, 5) is 0. The van der Waals surface area contributed by atoms with E-state index in [1.165, 1.54) is 6.26 Å². The molecule has 0 aliphatic rings. The van der Waals surface area contributed by atoms with Crippen molar-refractivity contribution in [1.82, 2.24) is 0 Å². The Hall–Kier alpha value is -0.0900. The molecule has 0 radical (unpaired) electrons. The quantitative estimate of drug-likeness (QED) is 0.766. The van der Waals surface area contributed by atoms with Gasteiger partial charge in [0.2, 0.25) is 0 Å². The molecule has 0 bridgehead atoms. The molecule has 0 saturated carbocycles. The third-order valence-corrected chi connectivity index (χ3v) is 5.12. The Labute approximate surface area is 88.0 Å². The maximum absolute atomic E-state index is 11.5. The number of nitrogens with two attached hydrogens (primary N) is 1. The molecule has 86 valence electrons. The van der Waals surface area contributed by atoms with Gasteiger partial charge in [-0.15, -0.1) is 0 Å². The van der Waals surface area contributed by atoms with Crippen molar-refractivity contribution >= 4 is 9.84 Å². The Kier molecular flexibility index (Phi) is 4.59. The summed E-state index contributed by atoms with van der Waals surface area (Å²) < 4.78 is 22.1. The third kappa shape index (κ3) is 3.58. The summed E-state index contributed by atoms with van der Waals surface area (Å²) in [6, 6.07) is -0.278. The summed E-state index contributed by atoms with van der Waals surface area (Å²) in [5, 5.41) is 0. The molecule has 0 rings (SSSR count). The van der Waals surface area contributed by atoms with E-state index < -0.39 is 14.6 Å². The molecule has 0 fully saturated rings. The molecule has 0 spiro atoms. The average molecular weight is 221 g/mol. The molecule has 2 N–H and O–H groups in total. The normalized spacial score (nSPS) is 15.9. The standard InChI is InChI=1S/C10H23NO2S/c1-8(2)6-7-9(11)10(3,4)14(5,12)13/h8-9H,6-7,11H2,1-5H3. The van der Waals surface area contributed by atoms with Gasteiger partial charge in [-0.05, 0) is 32.6 Å². The van der Waals surface area contributed by atoms with E-state index >= 15 is 0 Å². The maximum atomic E-state index is 11.5. The van der Waals surface area contributed by atoms with Gasteiger partial charge in [0.25, 0.3) is 0 Å². The Morgan fingerprint density at radius 1 is 1.21 bits per heavy atom. The molecule has 1 unspecified atom stereocenters. The molecule has 0 saturated heterocycles. The molecule has 0 aromatic rings. The number of sulfone groups is 1. The first-order chi connectivity index (χ1) is 6.09. The van der Waals surface area contributed by atoms with Crippen LogP contribution in [0.2, 0.25) is 0 Å². The molecule has 0 heterocycles. The van der Waals surface area contributed by atoms with Crippen LogP contribution in [0.4, 0.5) is 0 Å². The van der Waals surface area contributed by atoms with Gasteiger partial charge < -0.3 is 5.73 Å². The van der Waals surface area contributed by atoms with Crippen LogP contribution in [-0.4, -0.2) is 25.5 Å². The van der Waals surface area contributed by atoms with E-state index in [-0.39, 0.29) is 6.04 Å². The Morgan fingerprint density at radius 3 is 1.93 bits per heavy atom. The lowest BCUT2D eigenvalue weighted by molar-refractivity contribution is 0.423. The fraction of sp³-hybridized carbons (Fsp3) is 1.00. The second-order valence-electron chi connectivity index (χ2n) is 4.95. The van der Waals surface area contributed by atoms with Crippen LogP contribution >= 0.6 is 0 Å². The topological polar surface area (TPSA) is 60.2 Å². The van der Waals surface area contributed by atoms with Crippen molar-refractivity contribution in [3.8, 4) is 0 Å². The van der Waals surface area contributed by atoms with Crippen LogP contribution in [0.1, 0.15) is 40.5 Å². The van der Waals surface area contributed by atoms with Crippen molar-refractivity contribution in [1.29, 1.82) is 0 Å². The second kappa shape index (κ2) is 4.62. The first-order valence-corrected chi connectivity index (χ1v) is 6.93. The minimum absolute atomic E-state index is 0.278. The van der Waals surface area contributed by atoms with Crippen LogP contribution in [0.3, 0.4) is 0 Å². The van der Waals surface area contributed by atoms with Crippen molar-refractivity contribution < 1.29 is 8.42 Å². The minimum Gasteiger partial charge on any atom is -0.326 e. The van der Waals surface area contributed by atoms with E-state index in [1.54, 1.807) is 13.8 Å². The van der Waals surface area contributed by atoms with Crippen molar-refractivity contribution in [2.24, 2.45) is 11.7 Å². The lowest BCUT2D eigenvalue weighted by atomic mass is 9.95. The summed E-state index contributed by atoms with van der Waals surface area (Å²) in [5.41, 5.74) is 5.91. The smallest absolute Gasteiger partial charge is 0.154 e. The average Bonchev–Trinajstić information content (AvgIpc) is 1.97. The molecule has 0 aromatic heterocycles. The van der Waals surface area contributed by atoms with Gasteiger partial charge in [0.05, 0.1) is 4.75 Å². The molecule has 4 heteroatoms. The summed E-state index contributed by atoms with van der Waals surface area (Å²) in [6.07, 6.45) is 2.99. The molecule has 0 amide bonds. The number of hydrogen-bond donors (Lipinski definition) is 1. The monoisotopic (exact) mass is 221 g/mol. The van der Waals surface area contributed by atoms with Gasteiger partial charge >= 0.3 is 0 Å². The van der Waals surface area contributed by atoms with Crippen LogP contribution in [0.15, 0.2) is 0 Å². The second-order valence-corrected chi connectivity index (χ2v) is 7.55. The van der Waals surface area contributed by atoms with Gasteiger partial charge in [-0.2, -0.15) is 0 Å². The lowest BCUT2D eigenvalue weighted by Crippen LogP contribution is -2.48. The summed E-state index contributed by atoms with van der Waals surface area (Å²) in [6.45, 7) is 7.63. The fourth-order valence-electron chi connectivity index (χ4n) is 1.14. The molecule has 14 heavy (non-hydrogen) atoms. The number of hydrogen-bond acceptors (Lipinski definition) is 3. The molecule has 1 atom stereocenters. The highest BCUT2D eigenvalue weighted by Crippen LogP contribution is 2.22. The van der Waals surface area contributed by atoms with Crippen molar-refractivity contribution in [2.75, 3.05) is 6.26 Å². The highest BCUT2D eigenvalue weighted by molar-refractivity contribution is 7.92. The highest BCUT2D eigenvalue weighted by atomic mass is 32.2. The van der Waals surface area contributed by atoms with E-state index in [0.717, 1.165) is 12.8 Å².